The molecule has 0 bridgehead atoms. The van der Waals surface area contributed by atoms with Crippen LogP contribution in [0.4, 0.5) is 11.5 Å². The van der Waals surface area contributed by atoms with Gasteiger partial charge in [0.25, 0.3) is 5.91 Å². The number of aromatic nitrogens is 2. The quantitative estimate of drug-likeness (QED) is 0.688. The van der Waals surface area contributed by atoms with Crippen LogP contribution < -0.4 is 10.6 Å². The summed E-state index contributed by atoms with van der Waals surface area (Å²) in [7, 11) is 0. The maximum atomic E-state index is 12.5. The van der Waals surface area contributed by atoms with Gasteiger partial charge in [-0.15, -0.1) is 0 Å². The van der Waals surface area contributed by atoms with Crippen molar-refractivity contribution in [2.45, 2.75) is 19.9 Å². The summed E-state index contributed by atoms with van der Waals surface area (Å²) in [5.41, 5.74) is 3.18. The second-order valence-corrected chi connectivity index (χ2v) is 6.41. The third kappa shape index (κ3) is 4.37. The number of anilines is 2. The molecule has 3 rings (SSSR count). The summed E-state index contributed by atoms with van der Waals surface area (Å²) in [6.07, 6.45) is 1.37. The van der Waals surface area contributed by atoms with Crippen LogP contribution >= 0.6 is 11.6 Å². The van der Waals surface area contributed by atoms with E-state index in [9.17, 15) is 4.79 Å². The molecule has 1 atom stereocenters. The van der Waals surface area contributed by atoms with Crippen molar-refractivity contribution in [3.63, 3.8) is 0 Å². The van der Waals surface area contributed by atoms with Crippen molar-refractivity contribution in [3.8, 4) is 0 Å². The van der Waals surface area contributed by atoms with Crippen LogP contribution in [0.25, 0.3) is 0 Å². The van der Waals surface area contributed by atoms with Crippen molar-refractivity contribution >= 4 is 29.0 Å². The highest BCUT2D eigenvalue weighted by atomic mass is 35.5. The van der Waals surface area contributed by atoms with E-state index in [0.717, 1.165) is 16.8 Å². The predicted octanol–water partition coefficient (Wildman–Crippen LogP) is 4.67. The molecule has 2 N–H and O–H groups in total. The number of rotatable bonds is 5. The summed E-state index contributed by atoms with van der Waals surface area (Å²) in [4.78, 5) is 20.8. The zero-order valence-electron chi connectivity index (χ0n) is 14.5. The van der Waals surface area contributed by atoms with E-state index >= 15 is 0 Å². The Hall–Kier alpha value is -2.92. The molecule has 26 heavy (non-hydrogen) atoms. The van der Waals surface area contributed by atoms with Crippen molar-refractivity contribution in [3.05, 3.63) is 82.8 Å². The van der Waals surface area contributed by atoms with Gasteiger partial charge in [0.15, 0.2) is 0 Å². The van der Waals surface area contributed by atoms with Crippen molar-refractivity contribution < 1.29 is 4.79 Å². The maximum Gasteiger partial charge on any atom is 0.270 e. The number of halogens is 1. The van der Waals surface area contributed by atoms with Gasteiger partial charge in [0.2, 0.25) is 0 Å². The smallest absolute Gasteiger partial charge is 0.270 e. The third-order valence-electron chi connectivity index (χ3n) is 4.01. The summed E-state index contributed by atoms with van der Waals surface area (Å²) in [6.45, 7) is 3.90. The molecule has 0 fully saturated rings. The highest BCUT2D eigenvalue weighted by Gasteiger charge is 2.13. The molecule has 0 saturated carbocycles. The first kappa shape index (κ1) is 17.9. The van der Waals surface area contributed by atoms with E-state index in [1.807, 2.05) is 62.4 Å². The number of carbonyl (C=O) groups is 1. The van der Waals surface area contributed by atoms with E-state index in [0.29, 0.717) is 16.5 Å². The zero-order valence-corrected chi connectivity index (χ0v) is 15.3. The van der Waals surface area contributed by atoms with Gasteiger partial charge in [-0.1, -0.05) is 48.0 Å². The normalized spacial score (nSPS) is 11.7. The molecule has 2 aromatic carbocycles. The Morgan fingerprint density at radius 2 is 1.85 bits per heavy atom. The monoisotopic (exact) mass is 366 g/mol. The van der Waals surface area contributed by atoms with E-state index in [4.69, 9.17) is 11.6 Å². The van der Waals surface area contributed by atoms with Gasteiger partial charge in [0.1, 0.15) is 17.8 Å². The number of hydrogen-bond donors (Lipinski definition) is 2. The summed E-state index contributed by atoms with van der Waals surface area (Å²) in [5.74, 6) is 0.275. The Kier molecular flexibility index (Phi) is 5.49. The van der Waals surface area contributed by atoms with Crippen molar-refractivity contribution in [2.75, 3.05) is 5.32 Å². The molecule has 6 heteroatoms. The topological polar surface area (TPSA) is 66.9 Å². The predicted molar refractivity (Wildman–Crippen MR) is 104 cm³/mol. The average molecular weight is 367 g/mol. The van der Waals surface area contributed by atoms with Gasteiger partial charge in [-0.05, 0) is 37.1 Å². The molecule has 132 valence electrons. The number of nitrogens with zero attached hydrogens (tertiary/aromatic N) is 2. The van der Waals surface area contributed by atoms with Crippen LogP contribution in [0, 0.1) is 6.92 Å². The first-order valence-electron chi connectivity index (χ1n) is 8.24. The first-order valence-corrected chi connectivity index (χ1v) is 8.62. The van der Waals surface area contributed by atoms with E-state index in [-0.39, 0.29) is 11.9 Å². The van der Waals surface area contributed by atoms with Crippen LogP contribution in [0.5, 0.6) is 0 Å². The lowest BCUT2D eigenvalue weighted by Crippen LogP contribution is -2.27. The Bertz CT molecular complexity index is 915. The van der Waals surface area contributed by atoms with Gasteiger partial charge < -0.3 is 10.6 Å². The van der Waals surface area contributed by atoms with E-state index < -0.39 is 0 Å². The summed E-state index contributed by atoms with van der Waals surface area (Å²) < 4.78 is 0. The van der Waals surface area contributed by atoms with Gasteiger partial charge in [-0.2, -0.15) is 0 Å². The van der Waals surface area contributed by atoms with Crippen LogP contribution in [0.3, 0.4) is 0 Å². The van der Waals surface area contributed by atoms with Crippen LogP contribution in [-0.4, -0.2) is 15.9 Å². The van der Waals surface area contributed by atoms with E-state index in [1.165, 1.54) is 6.33 Å². The lowest BCUT2D eigenvalue weighted by molar-refractivity contribution is 0.0934. The van der Waals surface area contributed by atoms with E-state index in [1.54, 1.807) is 6.07 Å². The van der Waals surface area contributed by atoms with Crippen LogP contribution in [0.1, 0.15) is 34.6 Å². The molecular weight excluding hydrogens is 348 g/mol. The molecule has 0 radical (unpaired) electrons. The highest BCUT2D eigenvalue weighted by Crippen LogP contribution is 2.23. The Balaban J connectivity index is 1.74. The summed E-state index contributed by atoms with van der Waals surface area (Å²) in [6, 6.07) is 16.8. The number of carbonyl (C=O) groups excluding carboxylic acids is 1. The van der Waals surface area contributed by atoms with Gasteiger partial charge in [-0.25, -0.2) is 9.97 Å². The average Bonchev–Trinajstić information content (AvgIpc) is 2.65. The molecule has 0 aliphatic carbocycles. The number of nitrogens with one attached hydrogen (secondary N) is 2. The number of aryl methyl sites for hydroxylation is 1. The third-order valence-corrected chi connectivity index (χ3v) is 4.24. The molecule has 1 amide bonds. The fourth-order valence-corrected chi connectivity index (χ4v) is 2.68. The Morgan fingerprint density at radius 3 is 2.62 bits per heavy atom. The highest BCUT2D eigenvalue weighted by molar-refractivity contribution is 6.30. The number of hydrogen-bond acceptors (Lipinski definition) is 4. The van der Waals surface area contributed by atoms with Crippen LogP contribution in [0.2, 0.25) is 5.02 Å². The van der Waals surface area contributed by atoms with Crippen molar-refractivity contribution in [1.29, 1.82) is 0 Å². The summed E-state index contributed by atoms with van der Waals surface area (Å²) in [5, 5.41) is 6.75. The fraction of sp³-hybridized carbons (Fsp3) is 0.150. The molecule has 0 spiro atoms. The molecule has 1 aromatic heterocycles. The molecule has 3 aromatic rings. The van der Waals surface area contributed by atoms with Crippen LogP contribution in [0.15, 0.2) is 60.9 Å². The lowest BCUT2D eigenvalue weighted by atomic mass is 10.1. The van der Waals surface area contributed by atoms with Gasteiger partial charge in [-0.3, -0.25) is 4.79 Å². The Morgan fingerprint density at radius 1 is 1.08 bits per heavy atom. The molecule has 1 unspecified atom stereocenters. The minimum atomic E-state index is -0.255. The van der Waals surface area contributed by atoms with Crippen molar-refractivity contribution in [2.24, 2.45) is 0 Å². The molecule has 0 aliphatic heterocycles. The molecule has 5 nitrogen and oxygen atoms in total. The maximum absolute atomic E-state index is 12.5. The second kappa shape index (κ2) is 7.97. The zero-order chi connectivity index (χ0) is 18.5. The SMILES string of the molecule is Cc1ccc(Cl)cc1Nc1cc(C(=O)NC(C)c2ccccc2)ncn1. The molecular formula is C20H19ClN4O. The van der Waals surface area contributed by atoms with Gasteiger partial charge in [0, 0.05) is 16.8 Å². The van der Waals surface area contributed by atoms with Crippen LogP contribution in [-0.2, 0) is 0 Å². The molecule has 0 saturated heterocycles. The standard InChI is InChI=1S/C20H19ClN4O/c1-13-8-9-16(21)10-17(13)25-19-11-18(22-12-23-19)20(26)24-14(2)15-6-4-3-5-7-15/h3-12,14H,1-2H3,(H,24,26)(H,22,23,25). The molecule has 1 heterocycles. The molecule has 0 aliphatic rings. The second-order valence-electron chi connectivity index (χ2n) is 5.98. The Labute approximate surface area is 157 Å². The minimum Gasteiger partial charge on any atom is -0.344 e. The fourth-order valence-electron chi connectivity index (χ4n) is 2.51. The summed E-state index contributed by atoms with van der Waals surface area (Å²) >= 11 is 6.04. The number of benzene rings is 2. The van der Waals surface area contributed by atoms with Crippen molar-refractivity contribution in [1.82, 2.24) is 15.3 Å². The minimum absolute atomic E-state index is 0.120. The van der Waals surface area contributed by atoms with Gasteiger partial charge >= 0.3 is 0 Å². The number of amides is 1. The first-order chi connectivity index (χ1) is 12.5. The lowest BCUT2D eigenvalue weighted by Gasteiger charge is -2.14. The van der Waals surface area contributed by atoms with Gasteiger partial charge in [0.05, 0.1) is 6.04 Å². The van der Waals surface area contributed by atoms with E-state index in [2.05, 4.69) is 20.6 Å². The largest absolute Gasteiger partial charge is 0.344 e.